The average Bonchev–Trinajstić information content (AvgIpc) is 2.22. The monoisotopic (exact) mass is 213 g/mol. The van der Waals surface area contributed by atoms with Gasteiger partial charge in [-0.25, -0.2) is 8.78 Å². The van der Waals surface area contributed by atoms with E-state index in [1.54, 1.807) is 0 Å². The first kappa shape index (κ1) is 11.6. The van der Waals surface area contributed by atoms with Gasteiger partial charge >= 0.3 is 0 Å². The molecule has 1 N–H and O–H groups in total. The molecule has 1 aromatic carbocycles. The van der Waals surface area contributed by atoms with Gasteiger partial charge in [0, 0.05) is 12.1 Å². The Hall–Kier alpha value is -1.45. The highest BCUT2D eigenvalue weighted by molar-refractivity contribution is 5.76. The van der Waals surface area contributed by atoms with Crippen LogP contribution < -0.4 is 5.32 Å². The van der Waals surface area contributed by atoms with Crippen molar-refractivity contribution in [2.75, 3.05) is 11.9 Å². The Morgan fingerprint density at radius 3 is 2.40 bits per heavy atom. The van der Waals surface area contributed by atoms with E-state index in [1.807, 2.05) is 6.92 Å². The van der Waals surface area contributed by atoms with Crippen LogP contribution in [-0.2, 0) is 0 Å². The van der Waals surface area contributed by atoms with Crippen molar-refractivity contribution >= 4 is 12.0 Å². The zero-order valence-electron chi connectivity index (χ0n) is 8.52. The molecule has 4 heteroatoms. The molecule has 0 spiro atoms. The number of hydrogen-bond acceptors (Lipinski definition) is 2. The van der Waals surface area contributed by atoms with Crippen molar-refractivity contribution in [2.45, 2.75) is 19.8 Å². The number of unbranched alkanes of at least 4 members (excludes halogenated alkanes) is 1. The molecule has 82 valence electrons. The van der Waals surface area contributed by atoms with Crippen LogP contribution in [0.2, 0.25) is 0 Å². The Morgan fingerprint density at radius 1 is 1.33 bits per heavy atom. The first-order valence-corrected chi connectivity index (χ1v) is 4.87. The number of anilines is 1. The molecule has 0 aromatic heterocycles. The zero-order valence-corrected chi connectivity index (χ0v) is 8.52. The number of halogens is 2. The summed E-state index contributed by atoms with van der Waals surface area (Å²) < 4.78 is 26.5. The summed E-state index contributed by atoms with van der Waals surface area (Å²) in [4.78, 5) is 10.3. The minimum Gasteiger partial charge on any atom is -0.380 e. The molecular formula is C11H13F2NO. The van der Waals surface area contributed by atoms with Crippen LogP contribution in [0.3, 0.4) is 0 Å². The van der Waals surface area contributed by atoms with Gasteiger partial charge in [0.15, 0.2) is 0 Å². The number of carbonyl (C=O) groups is 1. The molecule has 0 saturated heterocycles. The average molecular weight is 213 g/mol. The molecule has 0 atom stereocenters. The minimum absolute atomic E-state index is 0.00559. The van der Waals surface area contributed by atoms with Crippen molar-refractivity contribution in [3.05, 3.63) is 29.3 Å². The first-order chi connectivity index (χ1) is 7.19. The van der Waals surface area contributed by atoms with Crippen molar-refractivity contribution in [2.24, 2.45) is 0 Å². The maximum Gasteiger partial charge on any atom is 0.150 e. The Bertz CT molecular complexity index is 329. The maximum atomic E-state index is 13.3. The van der Waals surface area contributed by atoms with Crippen molar-refractivity contribution in [3.8, 4) is 0 Å². The Balaban J connectivity index is 2.83. The SMILES string of the molecule is CCCCNc1c(F)cc(C=O)cc1F. The second-order valence-electron chi connectivity index (χ2n) is 3.26. The molecule has 1 aromatic rings. The van der Waals surface area contributed by atoms with Gasteiger partial charge in [0.25, 0.3) is 0 Å². The lowest BCUT2D eigenvalue weighted by atomic mass is 10.2. The molecule has 0 aliphatic heterocycles. The Labute approximate surface area is 87.3 Å². The van der Waals surface area contributed by atoms with Gasteiger partial charge in [0.1, 0.15) is 23.6 Å². The summed E-state index contributed by atoms with van der Waals surface area (Å²) in [5, 5.41) is 2.67. The molecule has 0 aliphatic rings. The molecule has 0 unspecified atom stereocenters. The molecule has 2 nitrogen and oxygen atoms in total. The Morgan fingerprint density at radius 2 is 1.93 bits per heavy atom. The van der Waals surface area contributed by atoms with E-state index in [1.165, 1.54) is 0 Å². The summed E-state index contributed by atoms with van der Waals surface area (Å²) in [6.45, 7) is 2.51. The number of rotatable bonds is 5. The van der Waals surface area contributed by atoms with Gasteiger partial charge in [0.05, 0.1) is 0 Å². The quantitative estimate of drug-likeness (QED) is 0.601. The van der Waals surface area contributed by atoms with Gasteiger partial charge in [-0.2, -0.15) is 0 Å². The molecule has 0 bridgehead atoms. The fourth-order valence-electron chi connectivity index (χ4n) is 1.22. The number of nitrogens with one attached hydrogen (secondary N) is 1. The lowest BCUT2D eigenvalue weighted by Crippen LogP contribution is -2.06. The minimum atomic E-state index is -0.729. The first-order valence-electron chi connectivity index (χ1n) is 4.87. The van der Waals surface area contributed by atoms with Crippen LogP contribution in [0.4, 0.5) is 14.5 Å². The Kier molecular flexibility index (Phi) is 4.21. The summed E-state index contributed by atoms with van der Waals surface area (Å²) >= 11 is 0. The molecule has 15 heavy (non-hydrogen) atoms. The van der Waals surface area contributed by atoms with Gasteiger partial charge in [-0.15, -0.1) is 0 Å². The van der Waals surface area contributed by atoms with Gasteiger partial charge < -0.3 is 5.32 Å². The summed E-state index contributed by atoms with van der Waals surface area (Å²) in [5.74, 6) is -1.46. The van der Waals surface area contributed by atoms with Crippen molar-refractivity contribution < 1.29 is 13.6 Å². The van der Waals surface area contributed by atoms with E-state index in [-0.39, 0.29) is 11.3 Å². The molecule has 0 radical (unpaired) electrons. The van der Waals surface area contributed by atoms with E-state index in [0.29, 0.717) is 12.8 Å². The highest BCUT2D eigenvalue weighted by atomic mass is 19.1. The third-order valence-corrected chi connectivity index (χ3v) is 2.03. The molecule has 0 heterocycles. The summed E-state index contributed by atoms with van der Waals surface area (Å²) in [5.41, 5.74) is -0.153. The number of hydrogen-bond donors (Lipinski definition) is 1. The summed E-state index contributed by atoms with van der Waals surface area (Å²) in [6, 6.07) is 2.04. The van der Waals surface area contributed by atoms with Crippen LogP contribution in [0.1, 0.15) is 30.1 Å². The topological polar surface area (TPSA) is 29.1 Å². The second-order valence-corrected chi connectivity index (χ2v) is 3.26. The van der Waals surface area contributed by atoms with E-state index < -0.39 is 11.6 Å². The van der Waals surface area contributed by atoms with Gasteiger partial charge in [-0.3, -0.25) is 4.79 Å². The summed E-state index contributed by atoms with van der Waals surface area (Å²) in [7, 11) is 0. The van der Waals surface area contributed by atoms with E-state index in [4.69, 9.17) is 0 Å². The molecule has 1 rings (SSSR count). The maximum absolute atomic E-state index is 13.3. The van der Waals surface area contributed by atoms with Crippen LogP contribution >= 0.6 is 0 Å². The van der Waals surface area contributed by atoms with Crippen LogP contribution in [0.5, 0.6) is 0 Å². The largest absolute Gasteiger partial charge is 0.380 e. The zero-order chi connectivity index (χ0) is 11.3. The number of carbonyl (C=O) groups excluding carboxylic acids is 1. The van der Waals surface area contributed by atoms with Crippen molar-refractivity contribution in [1.29, 1.82) is 0 Å². The number of benzene rings is 1. The summed E-state index contributed by atoms with van der Waals surface area (Å²) in [6.07, 6.45) is 2.21. The predicted octanol–water partition coefficient (Wildman–Crippen LogP) is 2.99. The van der Waals surface area contributed by atoms with Crippen molar-refractivity contribution in [3.63, 3.8) is 0 Å². The molecule has 0 saturated carbocycles. The van der Waals surface area contributed by atoms with E-state index >= 15 is 0 Å². The van der Waals surface area contributed by atoms with E-state index in [2.05, 4.69) is 5.32 Å². The van der Waals surface area contributed by atoms with Crippen LogP contribution in [0.25, 0.3) is 0 Å². The van der Waals surface area contributed by atoms with Crippen molar-refractivity contribution in [1.82, 2.24) is 0 Å². The fraction of sp³-hybridized carbons (Fsp3) is 0.364. The molecule has 0 fully saturated rings. The third-order valence-electron chi connectivity index (χ3n) is 2.03. The van der Waals surface area contributed by atoms with Crippen LogP contribution in [0, 0.1) is 11.6 Å². The van der Waals surface area contributed by atoms with Gasteiger partial charge in [0.2, 0.25) is 0 Å². The third kappa shape index (κ3) is 3.01. The standard InChI is InChI=1S/C11H13F2NO/c1-2-3-4-14-11-9(12)5-8(7-15)6-10(11)13/h5-7,14H,2-4H2,1H3. The lowest BCUT2D eigenvalue weighted by Gasteiger charge is -2.08. The smallest absolute Gasteiger partial charge is 0.150 e. The molecular weight excluding hydrogens is 200 g/mol. The highest BCUT2D eigenvalue weighted by Gasteiger charge is 2.09. The van der Waals surface area contributed by atoms with E-state index in [9.17, 15) is 13.6 Å². The molecule has 0 aliphatic carbocycles. The van der Waals surface area contributed by atoms with Gasteiger partial charge in [-0.05, 0) is 18.6 Å². The second kappa shape index (κ2) is 5.44. The van der Waals surface area contributed by atoms with Gasteiger partial charge in [-0.1, -0.05) is 13.3 Å². The fourth-order valence-corrected chi connectivity index (χ4v) is 1.22. The lowest BCUT2D eigenvalue weighted by molar-refractivity contribution is 0.112. The normalized spacial score (nSPS) is 10.1. The predicted molar refractivity (Wildman–Crippen MR) is 55.1 cm³/mol. The van der Waals surface area contributed by atoms with Crippen LogP contribution in [0.15, 0.2) is 12.1 Å². The van der Waals surface area contributed by atoms with E-state index in [0.717, 1.165) is 25.0 Å². The highest BCUT2D eigenvalue weighted by Crippen LogP contribution is 2.20. The number of aldehydes is 1. The molecule has 0 amide bonds. The van der Waals surface area contributed by atoms with Crippen LogP contribution in [-0.4, -0.2) is 12.8 Å².